The summed E-state index contributed by atoms with van der Waals surface area (Å²) in [5.74, 6) is 0.143. The highest BCUT2D eigenvalue weighted by atomic mass is 16.1. The third kappa shape index (κ3) is 5.78. The molecule has 0 heterocycles. The van der Waals surface area contributed by atoms with Crippen molar-refractivity contribution in [2.45, 2.75) is 20.3 Å². The van der Waals surface area contributed by atoms with E-state index in [9.17, 15) is 4.79 Å². The third-order valence-corrected chi connectivity index (χ3v) is 3.83. The van der Waals surface area contributed by atoms with Gasteiger partial charge in [-0.05, 0) is 67.9 Å². The minimum Gasteiger partial charge on any atom is -0.300 e. The molecule has 0 aliphatic carbocycles. The normalized spacial score (nSPS) is 11.3. The van der Waals surface area contributed by atoms with Gasteiger partial charge in [0.1, 0.15) is 5.78 Å². The summed E-state index contributed by atoms with van der Waals surface area (Å²) in [5.41, 5.74) is 5.21. The lowest BCUT2D eigenvalue weighted by molar-refractivity contribution is -0.116. The molecular formula is C22H20N4O. The minimum atomic E-state index is 0.143. The van der Waals surface area contributed by atoms with E-state index in [0.717, 1.165) is 28.3 Å². The fourth-order valence-corrected chi connectivity index (χ4v) is 2.40. The van der Waals surface area contributed by atoms with Crippen LogP contribution in [-0.4, -0.2) is 5.78 Å². The molecule has 0 bridgehead atoms. The quantitative estimate of drug-likeness (QED) is 0.440. The first-order valence-electron chi connectivity index (χ1n) is 8.67. The van der Waals surface area contributed by atoms with E-state index in [1.165, 1.54) is 5.56 Å². The molecule has 0 N–H and O–H groups in total. The van der Waals surface area contributed by atoms with Gasteiger partial charge in [0.2, 0.25) is 0 Å². The largest absolute Gasteiger partial charge is 0.300 e. The molecule has 5 heteroatoms. The van der Waals surface area contributed by atoms with Crippen LogP contribution in [0.2, 0.25) is 0 Å². The van der Waals surface area contributed by atoms with Crippen molar-refractivity contribution in [3.63, 3.8) is 0 Å². The van der Waals surface area contributed by atoms with E-state index in [4.69, 9.17) is 0 Å². The van der Waals surface area contributed by atoms with E-state index in [1.807, 2.05) is 79.7 Å². The fourth-order valence-electron chi connectivity index (χ4n) is 2.40. The number of Topliss-reactive ketones (excluding diaryl/α,β-unsaturated/α-hetero) is 1. The molecule has 3 rings (SSSR count). The Balaban J connectivity index is 1.62. The monoisotopic (exact) mass is 356 g/mol. The van der Waals surface area contributed by atoms with Crippen LogP contribution in [0.25, 0.3) is 0 Å². The summed E-state index contributed by atoms with van der Waals surface area (Å²) in [4.78, 5) is 11.1. The number of azo groups is 2. The van der Waals surface area contributed by atoms with Gasteiger partial charge in [-0.15, -0.1) is 0 Å². The molecule has 0 amide bonds. The van der Waals surface area contributed by atoms with Crippen molar-refractivity contribution in [2.24, 2.45) is 20.5 Å². The summed E-state index contributed by atoms with van der Waals surface area (Å²) in [7, 11) is 0. The van der Waals surface area contributed by atoms with Gasteiger partial charge in [0.25, 0.3) is 0 Å². The number of ketones is 1. The van der Waals surface area contributed by atoms with Gasteiger partial charge in [0.15, 0.2) is 0 Å². The molecule has 0 aliphatic rings. The van der Waals surface area contributed by atoms with Gasteiger partial charge in [-0.25, -0.2) is 0 Å². The van der Waals surface area contributed by atoms with E-state index < -0.39 is 0 Å². The summed E-state index contributed by atoms with van der Waals surface area (Å²) in [6.07, 6.45) is 0.441. The molecule has 0 saturated heterocycles. The van der Waals surface area contributed by atoms with Crippen molar-refractivity contribution in [1.29, 1.82) is 0 Å². The lowest BCUT2D eigenvalue weighted by Crippen LogP contribution is -1.94. The second-order valence-corrected chi connectivity index (χ2v) is 6.30. The fraction of sp³-hybridized carbons (Fsp3) is 0.136. The van der Waals surface area contributed by atoms with Crippen LogP contribution < -0.4 is 0 Å². The van der Waals surface area contributed by atoms with E-state index in [2.05, 4.69) is 20.5 Å². The maximum Gasteiger partial charge on any atom is 0.134 e. The smallest absolute Gasteiger partial charge is 0.134 e. The number of aryl methyl sites for hydroxylation is 1. The maximum absolute atomic E-state index is 11.1. The number of carbonyl (C=O) groups is 1. The number of hydrogen-bond acceptors (Lipinski definition) is 5. The molecular weight excluding hydrogens is 336 g/mol. The van der Waals surface area contributed by atoms with Crippen LogP contribution in [0.5, 0.6) is 0 Å². The first kappa shape index (κ1) is 18.3. The zero-order valence-corrected chi connectivity index (χ0v) is 15.3. The number of hydrogen-bond donors (Lipinski definition) is 0. The Morgan fingerprint density at radius 2 is 0.963 bits per heavy atom. The van der Waals surface area contributed by atoms with Crippen LogP contribution in [0.3, 0.4) is 0 Å². The average Bonchev–Trinajstić information content (AvgIpc) is 2.67. The summed E-state index contributed by atoms with van der Waals surface area (Å²) in [5, 5.41) is 16.9. The van der Waals surface area contributed by atoms with Crippen LogP contribution >= 0.6 is 0 Å². The van der Waals surface area contributed by atoms with Crippen LogP contribution in [0.4, 0.5) is 22.7 Å². The van der Waals surface area contributed by atoms with Gasteiger partial charge in [-0.2, -0.15) is 20.5 Å². The predicted octanol–water partition coefficient (Wildman–Crippen LogP) is 6.96. The SMILES string of the molecule is CC(=O)Cc1ccc(N=Nc2ccc(N=Nc3ccc(C)cc3)cc2)cc1. The minimum absolute atomic E-state index is 0.143. The van der Waals surface area contributed by atoms with Gasteiger partial charge in [-0.3, -0.25) is 4.79 Å². The Labute approximate surface area is 158 Å². The predicted molar refractivity (Wildman–Crippen MR) is 107 cm³/mol. The highest BCUT2D eigenvalue weighted by Crippen LogP contribution is 2.23. The zero-order chi connectivity index (χ0) is 19.1. The van der Waals surface area contributed by atoms with Gasteiger partial charge < -0.3 is 0 Å². The van der Waals surface area contributed by atoms with Crippen molar-refractivity contribution < 1.29 is 4.79 Å². The van der Waals surface area contributed by atoms with Crippen LogP contribution in [0, 0.1) is 6.92 Å². The Morgan fingerprint density at radius 3 is 1.33 bits per heavy atom. The zero-order valence-electron chi connectivity index (χ0n) is 15.3. The van der Waals surface area contributed by atoms with E-state index in [1.54, 1.807) is 6.92 Å². The van der Waals surface area contributed by atoms with Gasteiger partial charge in [0.05, 0.1) is 22.7 Å². The summed E-state index contributed by atoms with van der Waals surface area (Å²) < 4.78 is 0. The first-order chi connectivity index (χ1) is 13.1. The first-order valence-corrected chi connectivity index (χ1v) is 8.67. The van der Waals surface area contributed by atoms with Crippen molar-refractivity contribution in [2.75, 3.05) is 0 Å². The van der Waals surface area contributed by atoms with Crippen LogP contribution in [-0.2, 0) is 11.2 Å². The van der Waals surface area contributed by atoms with E-state index in [-0.39, 0.29) is 5.78 Å². The lowest BCUT2D eigenvalue weighted by Gasteiger charge is -1.98. The molecule has 27 heavy (non-hydrogen) atoms. The molecule has 3 aromatic carbocycles. The number of nitrogens with zero attached hydrogens (tertiary/aromatic N) is 4. The summed E-state index contributed by atoms with van der Waals surface area (Å²) >= 11 is 0. The molecule has 5 nitrogen and oxygen atoms in total. The van der Waals surface area contributed by atoms with E-state index in [0.29, 0.717) is 6.42 Å². The van der Waals surface area contributed by atoms with Crippen molar-refractivity contribution in [3.05, 3.63) is 83.9 Å². The van der Waals surface area contributed by atoms with Crippen molar-refractivity contribution in [3.8, 4) is 0 Å². The molecule has 0 atom stereocenters. The van der Waals surface area contributed by atoms with Crippen molar-refractivity contribution >= 4 is 28.5 Å². The number of carbonyl (C=O) groups excluding carboxylic acids is 1. The van der Waals surface area contributed by atoms with Crippen LogP contribution in [0.1, 0.15) is 18.1 Å². The summed E-state index contributed by atoms with van der Waals surface area (Å²) in [6, 6.07) is 22.8. The molecule has 0 saturated carbocycles. The van der Waals surface area contributed by atoms with Crippen LogP contribution in [0.15, 0.2) is 93.3 Å². The van der Waals surface area contributed by atoms with E-state index >= 15 is 0 Å². The topological polar surface area (TPSA) is 66.5 Å². The Morgan fingerprint density at radius 1 is 0.630 bits per heavy atom. The molecule has 0 aliphatic heterocycles. The molecule has 3 aromatic rings. The Hall–Kier alpha value is -3.47. The summed E-state index contributed by atoms with van der Waals surface area (Å²) in [6.45, 7) is 3.62. The molecule has 0 radical (unpaired) electrons. The second kappa shape index (κ2) is 8.76. The maximum atomic E-state index is 11.1. The Kier molecular flexibility index (Phi) is 5.94. The molecule has 0 unspecified atom stereocenters. The van der Waals surface area contributed by atoms with Gasteiger partial charge in [-0.1, -0.05) is 29.8 Å². The third-order valence-electron chi connectivity index (χ3n) is 3.83. The molecule has 0 aromatic heterocycles. The molecule has 134 valence electrons. The Bertz CT molecular complexity index is 957. The standard InChI is InChI=1S/C22H20N4O/c1-16-3-7-19(8-4-16)23-25-21-11-13-22(14-12-21)26-24-20-9-5-18(6-10-20)15-17(2)27/h3-14H,15H2,1-2H3. The molecule has 0 spiro atoms. The highest BCUT2D eigenvalue weighted by molar-refractivity contribution is 5.78. The second-order valence-electron chi connectivity index (χ2n) is 6.30. The number of rotatable bonds is 6. The van der Waals surface area contributed by atoms with Gasteiger partial charge >= 0.3 is 0 Å². The highest BCUT2D eigenvalue weighted by Gasteiger charge is 1.98. The van der Waals surface area contributed by atoms with Crippen molar-refractivity contribution in [1.82, 2.24) is 0 Å². The molecule has 0 fully saturated rings. The lowest BCUT2D eigenvalue weighted by atomic mass is 10.1. The number of benzene rings is 3. The van der Waals surface area contributed by atoms with Gasteiger partial charge in [0, 0.05) is 6.42 Å². The average molecular weight is 356 g/mol.